The number of nitrogens with two attached hydrogens (primary N) is 1. The first-order chi connectivity index (χ1) is 6.66. The molecule has 0 fully saturated rings. The largest absolute Gasteiger partial charge is 0.328 e. The first-order valence-electron chi connectivity index (χ1n) is 6.42. The van der Waals surface area contributed by atoms with Crippen LogP contribution in [0.1, 0.15) is 72.1 Å². The zero-order valence-corrected chi connectivity index (χ0v) is 10.4. The van der Waals surface area contributed by atoms with Crippen LogP contribution in [0.4, 0.5) is 0 Å². The van der Waals surface area contributed by atoms with Crippen LogP contribution < -0.4 is 5.73 Å². The van der Waals surface area contributed by atoms with Crippen molar-refractivity contribution in [2.45, 2.75) is 78.2 Å². The van der Waals surface area contributed by atoms with E-state index in [4.69, 9.17) is 5.73 Å². The second kappa shape index (κ2) is 9.51. The summed E-state index contributed by atoms with van der Waals surface area (Å²) >= 11 is 0. The highest BCUT2D eigenvalue weighted by atomic mass is 14.6. The average molecular weight is 199 g/mol. The predicted octanol–water partition coefficient (Wildman–Crippen LogP) is 4.11. The fraction of sp³-hybridized carbons (Fsp3) is 1.00. The normalized spacial score (nSPS) is 15.4. The fourth-order valence-electron chi connectivity index (χ4n) is 1.69. The van der Waals surface area contributed by atoms with E-state index in [0.29, 0.717) is 6.04 Å². The SMILES string of the molecule is CCC(C)CCCCCCCC(C)N. The zero-order valence-electron chi connectivity index (χ0n) is 10.4. The van der Waals surface area contributed by atoms with E-state index < -0.39 is 0 Å². The van der Waals surface area contributed by atoms with Gasteiger partial charge in [0.25, 0.3) is 0 Å². The molecule has 0 rings (SSSR count). The monoisotopic (exact) mass is 199 g/mol. The second-order valence-electron chi connectivity index (χ2n) is 4.84. The van der Waals surface area contributed by atoms with E-state index in [1.807, 2.05) is 0 Å². The summed E-state index contributed by atoms with van der Waals surface area (Å²) in [7, 11) is 0. The Bertz CT molecular complexity index is 110. The average Bonchev–Trinajstić information content (AvgIpc) is 2.15. The van der Waals surface area contributed by atoms with Gasteiger partial charge in [-0.3, -0.25) is 0 Å². The van der Waals surface area contributed by atoms with Crippen LogP contribution >= 0.6 is 0 Å². The number of rotatable bonds is 9. The molecule has 1 nitrogen and oxygen atoms in total. The van der Waals surface area contributed by atoms with Gasteiger partial charge in [0.1, 0.15) is 0 Å². The summed E-state index contributed by atoms with van der Waals surface area (Å²) < 4.78 is 0. The van der Waals surface area contributed by atoms with Crippen LogP contribution in [0.15, 0.2) is 0 Å². The lowest BCUT2D eigenvalue weighted by atomic mass is 9.99. The van der Waals surface area contributed by atoms with Gasteiger partial charge in [-0.15, -0.1) is 0 Å². The summed E-state index contributed by atoms with van der Waals surface area (Å²) in [5.41, 5.74) is 5.69. The Morgan fingerprint density at radius 1 is 0.857 bits per heavy atom. The van der Waals surface area contributed by atoms with E-state index in [-0.39, 0.29) is 0 Å². The molecule has 2 unspecified atom stereocenters. The van der Waals surface area contributed by atoms with Gasteiger partial charge < -0.3 is 5.73 Å². The minimum absolute atomic E-state index is 0.398. The van der Waals surface area contributed by atoms with Crippen molar-refractivity contribution in [3.63, 3.8) is 0 Å². The number of unbranched alkanes of at least 4 members (excludes halogenated alkanes) is 4. The van der Waals surface area contributed by atoms with Crippen molar-refractivity contribution in [3.05, 3.63) is 0 Å². The minimum Gasteiger partial charge on any atom is -0.328 e. The maximum Gasteiger partial charge on any atom is 0.00104 e. The molecule has 2 N–H and O–H groups in total. The minimum atomic E-state index is 0.398. The Morgan fingerprint density at radius 2 is 1.36 bits per heavy atom. The van der Waals surface area contributed by atoms with Gasteiger partial charge >= 0.3 is 0 Å². The molecule has 0 spiro atoms. The zero-order chi connectivity index (χ0) is 10.8. The molecule has 0 saturated carbocycles. The van der Waals surface area contributed by atoms with E-state index in [0.717, 1.165) is 5.92 Å². The maximum atomic E-state index is 5.69. The molecule has 1 heteroatoms. The molecular weight excluding hydrogens is 170 g/mol. The highest BCUT2D eigenvalue weighted by molar-refractivity contribution is 4.54. The van der Waals surface area contributed by atoms with E-state index >= 15 is 0 Å². The van der Waals surface area contributed by atoms with Gasteiger partial charge in [0.2, 0.25) is 0 Å². The molecule has 0 aromatic rings. The molecular formula is C13H29N. The number of hydrogen-bond donors (Lipinski definition) is 1. The van der Waals surface area contributed by atoms with Crippen molar-refractivity contribution >= 4 is 0 Å². The lowest BCUT2D eigenvalue weighted by Gasteiger charge is -2.07. The third kappa shape index (κ3) is 10.0. The van der Waals surface area contributed by atoms with Gasteiger partial charge in [-0.2, -0.15) is 0 Å². The van der Waals surface area contributed by atoms with Gasteiger partial charge in [-0.05, 0) is 19.3 Å². The lowest BCUT2D eigenvalue weighted by molar-refractivity contribution is 0.468. The molecule has 0 aliphatic rings. The lowest BCUT2D eigenvalue weighted by Crippen LogP contribution is -2.13. The molecule has 0 aliphatic carbocycles. The first-order valence-corrected chi connectivity index (χ1v) is 6.42. The van der Waals surface area contributed by atoms with Gasteiger partial charge in [0, 0.05) is 6.04 Å². The molecule has 14 heavy (non-hydrogen) atoms. The van der Waals surface area contributed by atoms with Gasteiger partial charge in [0.15, 0.2) is 0 Å². The van der Waals surface area contributed by atoms with Crippen LogP contribution in [0.25, 0.3) is 0 Å². The van der Waals surface area contributed by atoms with E-state index in [1.165, 1.54) is 51.4 Å². The van der Waals surface area contributed by atoms with Crippen molar-refractivity contribution in [2.24, 2.45) is 11.7 Å². The maximum absolute atomic E-state index is 5.69. The van der Waals surface area contributed by atoms with Crippen molar-refractivity contribution in [2.75, 3.05) is 0 Å². The van der Waals surface area contributed by atoms with E-state index in [1.54, 1.807) is 0 Å². The Kier molecular flexibility index (Phi) is 9.49. The summed E-state index contributed by atoms with van der Waals surface area (Å²) in [6, 6.07) is 0.398. The van der Waals surface area contributed by atoms with Crippen LogP contribution in [0.3, 0.4) is 0 Å². The van der Waals surface area contributed by atoms with Crippen LogP contribution in [0.2, 0.25) is 0 Å². The van der Waals surface area contributed by atoms with Gasteiger partial charge in [-0.1, -0.05) is 58.8 Å². The molecule has 2 atom stereocenters. The topological polar surface area (TPSA) is 26.0 Å². The Morgan fingerprint density at radius 3 is 1.86 bits per heavy atom. The third-order valence-electron chi connectivity index (χ3n) is 3.05. The standard InChI is InChI=1S/C13H29N/c1-4-12(2)10-8-6-5-7-9-11-13(3)14/h12-13H,4-11,14H2,1-3H3. The molecule has 0 saturated heterocycles. The third-order valence-corrected chi connectivity index (χ3v) is 3.05. The molecule has 0 heterocycles. The Balaban J connectivity index is 2.99. The quantitative estimate of drug-likeness (QED) is 0.556. The van der Waals surface area contributed by atoms with Crippen molar-refractivity contribution in [3.8, 4) is 0 Å². The van der Waals surface area contributed by atoms with Crippen LogP contribution in [-0.2, 0) is 0 Å². The summed E-state index contributed by atoms with van der Waals surface area (Å²) in [6.07, 6.45) is 10.9. The predicted molar refractivity (Wildman–Crippen MR) is 65.4 cm³/mol. The molecule has 0 aromatic heterocycles. The molecule has 0 radical (unpaired) electrons. The van der Waals surface area contributed by atoms with Gasteiger partial charge in [-0.25, -0.2) is 0 Å². The van der Waals surface area contributed by atoms with Crippen molar-refractivity contribution < 1.29 is 0 Å². The van der Waals surface area contributed by atoms with Crippen LogP contribution in [0, 0.1) is 5.92 Å². The first kappa shape index (κ1) is 14.0. The highest BCUT2D eigenvalue weighted by Crippen LogP contribution is 2.14. The summed E-state index contributed by atoms with van der Waals surface area (Å²) in [5, 5.41) is 0. The second-order valence-corrected chi connectivity index (χ2v) is 4.84. The van der Waals surface area contributed by atoms with Crippen LogP contribution in [-0.4, -0.2) is 6.04 Å². The fourth-order valence-corrected chi connectivity index (χ4v) is 1.69. The molecule has 0 aliphatic heterocycles. The summed E-state index contributed by atoms with van der Waals surface area (Å²) in [4.78, 5) is 0. The van der Waals surface area contributed by atoms with Crippen LogP contribution in [0.5, 0.6) is 0 Å². The number of hydrogen-bond acceptors (Lipinski definition) is 1. The van der Waals surface area contributed by atoms with Crippen molar-refractivity contribution in [1.29, 1.82) is 0 Å². The molecule has 0 amide bonds. The highest BCUT2D eigenvalue weighted by Gasteiger charge is 1.98. The summed E-state index contributed by atoms with van der Waals surface area (Å²) in [6.45, 7) is 6.74. The van der Waals surface area contributed by atoms with E-state index in [9.17, 15) is 0 Å². The summed E-state index contributed by atoms with van der Waals surface area (Å²) in [5.74, 6) is 0.930. The molecule has 0 bridgehead atoms. The van der Waals surface area contributed by atoms with E-state index in [2.05, 4.69) is 20.8 Å². The smallest absolute Gasteiger partial charge is 0.00104 e. The Labute approximate surface area is 90.5 Å². The van der Waals surface area contributed by atoms with Crippen molar-refractivity contribution in [1.82, 2.24) is 0 Å². The molecule has 0 aromatic carbocycles. The van der Waals surface area contributed by atoms with Gasteiger partial charge in [0.05, 0.1) is 0 Å². The Hall–Kier alpha value is -0.0400. The molecule has 86 valence electrons.